The Morgan fingerprint density at radius 2 is 2.19 bits per heavy atom. The number of hydrogen-bond donors (Lipinski definition) is 1. The Balaban J connectivity index is 2.21. The molecule has 0 saturated carbocycles. The Labute approximate surface area is 102 Å². The molecule has 1 aromatic heterocycles. The molecule has 0 amide bonds. The van der Waals surface area contributed by atoms with Crippen LogP contribution in [0.15, 0.2) is 12.4 Å². The Morgan fingerprint density at radius 1 is 1.44 bits per heavy atom. The van der Waals surface area contributed by atoms with Gasteiger partial charge in [-0.15, -0.1) is 0 Å². The molecule has 0 unspecified atom stereocenters. The number of anilines is 1. The normalized spacial score (nSPS) is 11.1. The minimum absolute atomic E-state index is 0.421. The van der Waals surface area contributed by atoms with Crippen molar-refractivity contribution in [1.82, 2.24) is 14.9 Å². The van der Waals surface area contributed by atoms with E-state index in [2.05, 4.69) is 41.1 Å². The molecule has 0 radical (unpaired) electrons. The monoisotopic (exact) mass is 242 g/mol. The predicted octanol–water partition coefficient (Wildman–Crippen LogP) is 2.27. The minimum atomic E-state index is 0.421. The van der Waals surface area contributed by atoms with E-state index in [1.54, 1.807) is 6.20 Å². The molecule has 0 aliphatic carbocycles. The van der Waals surface area contributed by atoms with Crippen LogP contribution in [-0.2, 0) is 0 Å². The summed E-state index contributed by atoms with van der Waals surface area (Å²) >= 11 is 5.73. The van der Waals surface area contributed by atoms with Crippen molar-refractivity contribution in [1.29, 1.82) is 0 Å². The summed E-state index contributed by atoms with van der Waals surface area (Å²) in [4.78, 5) is 10.4. The summed E-state index contributed by atoms with van der Waals surface area (Å²) in [5.41, 5.74) is 0. The van der Waals surface area contributed by atoms with Gasteiger partial charge >= 0.3 is 0 Å². The zero-order valence-electron chi connectivity index (χ0n) is 10.1. The molecule has 1 N–H and O–H groups in total. The minimum Gasteiger partial charge on any atom is -0.369 e. The second-order valence-corrected chi connectivity index (χ2v) is 4.47. The molecule has 90 valence electrons. The Hall–Kier alpha value is -0.870. The lowest BCUT2D eigenvalue weighted by atomic mass is 10.3. The molecular weight excluding hydrogens is 224 g/mol. The molecule has 1 heterocycles. The van der Waals surface area contributed by atoms with Gasteiger partial charge in [0.05, 0.1) is 12.4 Å². The van der Waals surface area contributed by atoms with Gasteiger partial charge in [-0.05, 0) is 33.9 Å². The molecule has 5 heteroatoms. The fourth-order valence-electron chi connectivity index (χ4n) is 1.23. The van der Waals surface area contributed by atoms with Crippen LogP contribution >= 0.6 is 11.6 Å². The molecule has 1 aromatic rings. The summed E-state index contributed by atoms with van der Waals surface area (Å²) < 4.78 is 0. The van der Waals surface area contributed by atoms with Gasteiger partial charge in [0.1, 0.15) is 11.0 Å². The van der Waals surface area contributed by atoms with Crippen LogP contribution in [0.3, 0.4) is 0 Å². The molecule has 0 aliphatic rings. The van der Waals surface area contributed by atoms with Gasteiger partial charge in [0.15, 0.2) is 0 Å². The summed E-state index contributed by atoms with van der Waals surface area (Å²) in [5, 5.41) is 3.62. The second-order valence-electron chi connectivity index (χ2n) is 4.08. The molecule has 0 aromatic carbocycles. The van der Waals surface area contributed by atoms with E-state index in [1.807, 2.05) is 0 Å². The highest BCUT2D eigenvalue weighted by atomic mass is 35.5. The highest BCUT2D eigenvalue weighted by molar-refractivity contribution is 6.29. The number of nitrogens with one attached hydrogen (secondary N) is 1. The molecule has 0 fully saturated rings. The molecule has 16 heavy (non-hydrogen) atoms. The van der Waals surface area contributed by atoms with Gasteiger partial charge in [0.2, 0.25) is 0 Å². The fourth-order valence-corrected chi connectivity index (χ4v) is 1.38. The number of halogens is 1. The van der Waals surface area contributed by atoms with Crippen LogP contribution in [-0.4, -0.2) is 41.0 Å². The average Bonchev–Trinajstić information content (AvgIpc) is 2.24. The standard InChI is InChI=1S/C11H19ClN4/c1-9(2)16(3)6-4-5-14-11-8-13-7-10(12)15-11/h7-9H,4-6H2,1-3H3,(H,14,15). The molecule has 0 atom stereocenters. The van der Waals surface area contributed by atoms with Crippen LogP contribution in [0.4, 0.5) is 5.82 Å². The summed E-state index contributed by atoms with van der Waals surface area (Å²) in [5.74, 6) is 0.736. The van der Waals surface area contributed by atoms with Gasteiger partial charge in [-0.3, -0.25) is 4.98 Å². The predicted molar refractivity (Wildman–Crippen MR) is 67.9 cm³/mol. The van der Waals surface area contributed by atoms with Gasteiger partial charge in [-0.2, -0.15) is 0 Å². The lowest BCUT2D eigenvalue weighted by molar-refractivity contribution is 0.273. The first kappa shape index (κ1) is 13.2. The molecular formula is C11H19ClN4. The van der Waals surface area contributed by atoms with Gasteiger partial charge in [-0.25, -0.2) is 4.98 Å². The maximum Gasteiger partial charge on any atom is 0.149 e. The van der Waals surface area contributed by atoms with Crippen molar-refractivity contribution >= 4 is 17.4 Å². The van der Waals surface area contributed by atoms with Gasteiger partial charge < -0.3 is 10.2 Å². The maximum absolute atomic E-state index is 5.73. The van der Waals surface area contributed by atoms with Crippen molar-refractivity contribution in [2.24, 2.45) is 0 Å². The van der Waals surface area contributed by atoms with E-state index in [0.29, 0.717) is 11.2 Å². The summed E-state index contributed by atoms with van der Waals surface area (Å²) in [6.07, 6.45) is 4.28. The van der Waals surface area contributed by atoms with Crippen molar-refractivity contribution in [2.45, 2.75) is 26.3 Å². The molecule has 1 rings (SSSR count). The van der Waals surface area contributed by atoms with Crippen LogP contribution in [0, 0.1) is 0 Å². The zero-order valence-corrected chi connectivity index (χ0v) is 10.8. The van der Waals surface area contributed by atoms with Crippen LogP contribution in [0.5, 0.6) is 0 Å². The van der Waals surface area contributed by atoms with Gasteiger partial charge in [-0.1, -0.05) is 11.6 Å². The lowest BCUT2D eigenvalue weighted by Gasteiger charge is -2.20. The third-order valence-electron chi connectivity index (χ3n) is 2.48. The van der Waals surface area contributed by atoms with Crippen LogP contribution < -0.4 is 5.32 Å². The maximum atomic E-state index is 5.73. The number of rotatable bonds is 6. The number of aromatic nitrogens is 2. The Bertz CT molecular complexity index is 317. The van der Waals surface area contributed by atoms with Crippen molar-refractivity contribution in [2.75, 3.05) is 25.5 Å². The number of nitrogens with zero attached hydrogens (tertiary/aromatic N) is 3. The third-order valence-corrected chi connectivity index (χ3v) is 2.66. The van der Waals surface area contributed by atoms with E-state index in [0.717, 1.165) is 25.3 Å². The quantitative estimate of drug-likeness (QED) is 0.777. The SMILES string of the molecule is CC(C)N(C)CCCNc1cncc(Cl)n1. The lowest BCUT2D eigenvalue weighted by Crippen LogP contribution is -2.28. The first-order valence-electron chi connectivity index (χ1n) is 5.51. The van der Waals surface area contributed by atoms with Gasteiger partial charge in [0.25, 0.3) is 0 Å². The van der Waals surface area contributed by atoms with E-state index in [9.17, 15) is 0 Å². The topological polar surface area (TPSA) is 41.0 Å². The number of hydrogen-bond acceptors (Lipinski definition) is 4. The third kappa shape index (κ3) is 4.77. The molecule has 0 bridgehead atoms. The van der Waals surface area contributed by atoms with E-state index in [-0.39, 0.29) is 0 Å². The highest BCUT2D eigenvalue weighted by Crippen LogP contribution is 2.06. The summed E-state index contributed by atoms with van der Waals surface area (Å²) in [6.45, 7) is 6.33. The molecule has 4 nitrogen and oxygen atoms in total. The van der Waals surface area contributed by atoms with Crippen molar-refractivity contribution in [3.8, 4) is 0 Å². The zero-order chi connectivity index (χ0) is 12.0. The highest BCUT2D eigenvalue weighted by Gasteiger charge is 2.02. The smallest absolute Gasteiger partial charge is 0.149 e. The second kappa shape index (κ2) is 6.66. The fraction of sp³-hybridized carbons (Fsp3) is 0.636. The first-order chi connectivity index (χ1) is 7.59. The summed E-state index contributed by atoms with van der Waals surface area (Å²) in [6, 6.07) is 0.589. The van der Waals surface area contributed by atoms with Crippen LogP contribution in [0.25, 0.3) is 0 Å². The first-order valence-corrected chi connectivity index (χ1v) is 5.89. The van der Waals surface area contributed by atoms with Gasteiger partial charge in [0, 0.05) is 12.6 Å². The van der Waals surface area contributed by atoms with E-state index >= 15 is 0 Å². The Morgan fingerprint density at radius 3 is 2.81 bits per heavy atom. The Kier molecular flexibility index (Phi) is 5.49. The van der Waals surface area contributed by atoms with E-state index in [4.69, 9.17) is 11.6 Å². The van der Waals surface area contributed by atoms with E-state index in [1.165, 1.54) is 6.20 Å². The van der Waals surface area contributed by atoms with E-state index < -0.39 is 0 Å². The van der Waals surface area contributed by atoms with Crippen molar-refractivity contribution in [3.05, 3.63) is 17.5 Å². The van der Waals surface area contributed by atoms with Crippen LogP contribution in [0.2, 0.25) is 5.15 Å². The van der Waals surface area contributed by atoms with Crippen molar-refractivity contribution < 1.29 is 0 Å². The average molecular weight is 243 g/mol. The van der Waals surface area contributed by atoms with Crippen LogP contribution in [0.1, 0.15) is 20.3 Å². The summed E-state index contributed by atoms with van der Waals surface area (Å²) in [7, 11) is 2.13. The van der Waals surface area contributed by atoms with Crippen molar-refractivity contribution in [3.63, 3.8) is 0 Å². The largest absolute Gasteiger partial charge is 0.369 e. The molecule has 0 spiro atoms. The molecule has 0 aliphatic heterocycles. The molecule has 0 saturated heterocycles.